The quantitative estimate of drug-likeness (QED) is 0.353. The molecule has 1 saturated heterocycles. The zero-order chi connectivity index (χ0) is 22.9. The number of oxime groups is 1. The van der Waals surface area contributed by atoms with Gasteiger partial charge in [-0.15, -0.1) is 0 Å². The first-order valence-electron chi connectivity index (χ1n) is 11.0. The minimum Gasteiger partial charge on any atom is -0.392 e. The number of benzene rings is 2. The summed E-state index contributed by atoms with van der Waals surface area (Å²) in [7, 11) is 3.96. The summed E-state index contributed by atoms with van der Waals surface area (Å²) in [6, 6.07) is 13.6. The van der Waals surface area contributed by atoms with Gasteiger partial charge in [-0.1, -0.05) is 60.3 Å². The first-order valence-corrected chi connectivity index (χ1v) is 11.0. The maximum absolute atomic E-state index is 13.1. The van der Waals surface area contributed by atoms with Gasteiger partial charge in [0.1, 0.15) is 12.6 Å². The molecule has 0 unspecified atom stereocenters. The number of carbonyl (C=O) groups excluding carboxylic acids is 2. The SMILES string of the molecule is C=CCO/N=C1\C[C@@H](C(=O)NCc2cccc3ccccc23)N(C(=O)CCCN(C)C)C1. The van der Waals surface area contributed by atoms with Gasteiger partial charge in [0, 0.05) is 19.4 Å². The highest BCUT2D eigenvalue weighted by Crippen LogP contribution is 2.20. The molecule has 0 bridgehead atoms. The van der Waals surface area contributed by atoms with E-state index in [0.717, 1.165) is 29.3 Å². The van der Waals surface area contributed by atoms with E-state index < -0.39 is 6.04 Å². The van der Waals surface area contributed by atoms with Crippen LogP contribution in [0.5, 0.6) is 0 Å². The minimum atomic E-state index is -0.581. The molecule has 32 heavy (non-hydrogen) atoms. The van der Waals surface area contributed by atoms with Gasteiger partial charge >= 0.3 is 0 Å². The molecule has 2 aromatic rings. The van der Waals surface area contributed by atoms with Crippen LogP contribution in [0.15, 0.2) is 60.3 Å². The van der Waals surface area contributed by atoms with Crippen LogP contribution in [0.2, 0.25) is 0 Å². The first kappa shape index (κ1) is 23.5. The number of nitrogens with one attached hydrogen (secondary N) is 1. The fraction of sp³-hybridized carbons (Fsp3) is 0.400. The largest absolute Gasteiger partial charge is 0.392 e. The number of likely N-dealkylation sites (tertiary alicyclic amines) is 1. The number of amides is 2. The van der Waals surface area contributed by atoms with Crippen LogP contribution < -0.4 is 5.32 Å². The molecule has 3 rings (SSSR count). The van der Waals surface area contributed by atoms with E-state index in [1.54, 1.807) is 11.0 Å². The molecule has 0 spiro atoms. The van der Waals surface area contributed by atoms with Crippen LogP contribution in [0, 0.1) is 0 Å². The van der Waals surface area contributed by atoms with Crippen molar-refractivity contribution in [3.63, 3.8) is 0 Å². The van der Waals surface area contributed by atoms with Gasteiger partial charge in [0.05, 0.1) is 12.3 Å². The molecule has 7 nitrogen and oxygen atoms in total. The highest BCUT2D eigenvalue weighted by Gasteiger charge is 2.37. The molecule has 2 amide bonds. The van der Waals surface area contributed by atoms with Gasteiger partial charge in [-0.25, -0.2) is 0 Å². The van der Waals surface area contributed by atoms with Crippen LogP contribution in [0.1, 0.15) is 24.8 Å². The van der Waals surface area contributed by atoms with Gasteiger partial charge in [0.2, 0.25) is 11.8 Å². The molecule has 7 heteroatoms. The average molecular weight is 437 g/mol. The van der Waals surface area contributed by atoms with Crippen LogP contribution in [-0.2, 0) is 21.0 Å². The Morgan fingerprint density at radius 3 is 2.81 bits per heavy atom. The van der Waals surface area contributed by atoms with Crippen molar-refractivity contribution in [1.82, 2.24) is 15.1 Å². The van der Waals surface area contributed by atoms with E-state index >= 15 is 0 Å². The zero-order valence-electron chi connectivity index (χ0n) is 18.9. The van der Waals surface area contributed by atoms with Gasteiger partial charge in [0.15, 0.2) is 0 Å². The second-order valence-corrected chi connectivity index (χ2v) is 8.25. The standard InChI is InChI=1S/C25H32N4O3/c1-4-15-32-27-21-16-23(29(18-21)24(30)13-8-14-28(2)3)25(31)26-17-20-11-7-10-19-9-5-6-12-22(19)20/h4-7,9-12,23H,1,8,13-18H2,2-3H3,(H,26,31)/b27-21+/t23-/m0/s1. The Morgan fingerprint density at radius 1 is 1.25 bits per heavy atom. The molecular weight excluding hydrogens is 404 g/mol. The predicted molar refractivity (Wildman–Crippen MR) is 127 cm³/mol. The van der Waals surface area contributed by atoms with Gasteiger partial charge in [-0.3, -0.25) is 9.59 Å². The van der Waals surface area contributed by atoms with Crippen LogP contribution in [0.25, 0.3) is 10.8 Å². The molecule has 2 aromatic carbocycles. The summed E-state index contributed by atoms with van der Waals surface area (Å²) < 4.78 is 0. The Bertz CT molecular complexity index is 981. The van der Waals surface area contributed by atoms with Crippen LogP contribution in [-0.4, -0.2) is 67.2 Å². The lowest BCUT2D eigenvalue weighted by Gasteiger charge is -2.24. The molecule has 1 N–H and O–H groups in total. The number of carbonyl (C=O) groups is 2. The third kappa shape index (κ3) is 6.17. The molecular formula is C25H32N4O3. The van der Waals surface area contributed by atoms with Crippen molar-refractivity contribution in [2.75, 3.05) is 33.8 Å². The fourth-order valence-electron chi connectivity index (χ4n) is 3.89. The number of hydrogen-bond donors (Lipinski definition) is 1. The molecule has 1 aliphatic rings. The van der Waals surface area contributed by atoms with E-state index in [4.69, 9.17) is 4.84 Å². The van der Waals surface area contributed by atoms with Gasteiger partial charge in [-0.05, 0) is 43.4 Å². The number of hydrogen-bond acceptors (Lipinski definition) is 5. The number of fused-ring (bicyclic) bond motifs is 1. The number of nitrogens with zero attached hydrogens (tertiary/aromatic N) is 3. The highest BCUT2D eigenvalue weighted by molar-refractivity contribution is 6.01. The molecule has 0 aromatic heterocycles. The Hall–Kier alpha value is -3.19. The average Bonchev–Trinajstić information content (AvgIpc) is 3.22. The van der Waals surface area contributed by atoms with Gasteiger partial charge in [-0.2, -0.15) is 0 Å². The second kappa shape index (κ2) is 11.4. The Balaban J connectivity index is 1.69. The van der Waals surface area contributed by atoms with Crippen molar-refractivity contribution < 1.29 is 14.4 Å². The summed E-state index contributed by atoms with van der Waals surface area (Å²) in [6.45, 7) is 5.43. The van der Waals surface area contributed by atoms with E-state index in [2.05, 4.69) is 35.3 Å². The lowest BCUT2D eigenvalue weighted by atomic mass is 10.0. The minimum absolute atomic E-state index is 0.0360. The second-order valence-electron chi connectivity index (χ2n) is 8.25. The summed E-state index contributed by atoms with van der Waals surface area (Å²) in [6.07, 6.45) is 3.12. The molecule has 0 aliphatic carbocycles. The fourth-order valence-corrected chi connectivity index (χ4v) is 3.89. The zero-order valence-corrected chi connectivity index (χ0v) is 18.9. The molecule has 1 heterocycles. The molecule has 170 valence electrons. The van der Waals surface area contributed by atoms with E-state index in [-0.39, 0.29) is 18.4 Å². The topological polar surface area (TPSA) is 74.2 Å². The molecule has 0 saturated carbocycles. The third-order valence-electron chi connectivity index (χ3n) is 5.50. The summed E-state index contributed by atoms with van der Waals surface area (Å²) in [5.74, 6) is -0.209. The summed E-state index contributed by atoms with van der Waals surface area (Å²) in [4.78, 5) is 34.9. The van der Waals surface area contributed by atoms with Crippen molar-refractivity contribution in [2.24, 2.45) is 5.16 Å². The maximum Gasteiger partial charge on any atom is 0.243 e. The predicted octanol–water partition coefficient (Wildman–Crippen LogP) is 2.96. The highest BCUT2D eigenvalue weighted by atomic mass is 16.6. The smallest absolute Gasteiger partial charge is 0.243 e. The summed E-state index contributed by atoms with van der Waals surface area (Å²) in [5, 5.41) is 9.38. The Morgan fingerprint density at radius 2 is 2.03 bits per heavy atom. The summed E-state index contributed by atoms with van der Waals surface area (Å²) in [5.41, 5.74) is 1.74. The monoisotopic (exact) mass is 436 g/mol. The Kier molecular flexibility index (Phi) is 8.39. The van der Waals surface area contributed by atoms with Gasteiger partial charge in [0.25, 0.3) is 0 Å². The third-order valence-corrected chi connectivity index (χ3v) is 5.50. The van der Waals surface area contributed by atoms with Crippen molar-refractivity contribution in [3.8, 4) is 0 Å². The van der Waals surface area contributed by atoms with E-state index in [9.17, 15) is 9.59 Å². The first-order chi connectivity index (χ1) is 15.5. The van der Waals surface area contributed by atoms with Crippen molar-refractivity contribution in [3.05, 3.63) is 60.7 Å². The lowest BCUT2D eigenvalue weighted by Crippen LogP contribution is -2.45. The number of rotatable bonds is 10. The van der Waals surface area contributed by atoms with E-state index in [0.29, 0.717) is 31.6 Å². The lowest BCUT2D eigenvalue weighted by molar-refractivity contribution is -0.138. The van der Waals surface area contributed by atoms with Crippen molar-refractivity contribution in [2.45, 2.75) is 31.8 Å². The van der Waals surface area contributed by atoms with E-state index in [1.165, 1.54) is 0 Å². The Labute approximate surface area is 189 Å². The molecule has 1 aliphatic heterocycles. The summed E-state index contributed by atoms with van der Waals surface area (Å²) >= 11 is 0. The van der Waals surface area contributed by atoms with Crippen LogP contribution in [0.3, 0.4) is 0 Å². The van der Waals surface area contributed by atoms with E-state index in [1.807, 2.05) is 43.3 Å². The van der Waals surface area contributed by atoms with Crippen LogP contribution >= 0.6 is 0 Å². The van der Waals surface area contributed by atoms with Crippen LogP contribution in [0.4, 0.5) is 0 Å². The molecule has 1 fully saturated rings. The maximum atomic E-state index is 13.1. The molecule has 0 radical (unpaired) electrons. The molecule has 1 atom stereocenters. The van der Waals surface area contributed by atoms with Crippen molar-refractivity contribution in [1.29, 1.82) is 0 Å². The van der Waals surface area contributed by atoms with Gasteiger partial charge < -0.3 is 20.0 Å². The van der Waals surface area contributed by atoms with Crippen molar-refractivity contribution >= 4 is 28.3 Å². The normalized spacial score (nSPS) is 17.2.